The summed E-state index contributed by atoms with van der Waals surface area (Å²) in [6, 6.07) is 18.2. The van der Waals surface area contributed by atoms with Crippen LogP contribution in [0.15, 0.2) is 64.0 Å². The predicted molar refractivity (Wildman–Crippen MR) is 89.1 cm³/mol. The van der Waals surface area contributed by atoms with Gasteiger partial charge in [0.05, 0.1) is 12.0 Å². The van der Waals surface area contributed by atoms with Gasteiger partial charge in [-0.25, -0.2) is 0 Å². The molecular weight excluding hydrogens is 296 g/mol. The fourth-order valence-electron chi connectivity index (χ4n) is 2.08. The maximum absolute atomic E-state index is 5.50. The van der Waals surface area contributed by atoms with Crippen molar-refractivity contribution < 1.29 is 9.26 Å². The van der Waals surface area contributed by atoms with Crippen LogP contribution in [0.2, 0.25) is 0 Å². The molecule has 0 aliphatic carbocycles. The lowest BCUT2D eigenvalue weighted by atomic mass is 10.1. The molecule has 0 unspecified atom stereocenters. The molecule has 1 heterocycles. The fourth-order valence-corrected chi connectivity index (χ4v) is 2.77. The molecule has 1 N–H and O–H groups in total. The zero-order chi connectivity index (χ0) is 15.4. The Bertz CT molecular complexity index is 756. The molecule has 0 radical (unpaired) electrons. The normalized spacial score (nSPS) is 10.5. The van der Waals surface area contributed by atoms with Crippen molar-refractivity contribution in [3.05, 3.63) is 60.4 Å². The summed E-state index contributed by atoms with van der Waals surface area (Å²) in [6.45, 7) is 1.86. The minimum absolute atomic E-state index is 0.691. The number of ether oxygens (including phenoxy) is 1. The molecule has 4 nitrogen and oxygen atoms in total. The lowest BCUT2D eigenvalue weighted by Gasteiger charge is -2.10. The van der Waals surface area contributed by atoms with E-state index in [1.165, 1.54) is 11.9 Å². The van der Waals surface area contributed by atoms with Crippen LogP contribution < -0.4 is 9.46 Å². The molecular formula is C17H16N2O2S. The average molecular weight is 312 g/mol. The zero-order valence-corrected chi connectivity index (χ0v) is 13.2. The Kier molecular flexibility index (Phi) is 4.34. The number of hydrogen-bond acceptors (Lipinski definition) is 5. The molecule has 0 aliphatic rings. The van der Waals surface area contributed by atoms with Gasteiger partial charge in [-0.1, -0.05) is 41.6 Å². The molecule has 0 saturated carbocycles. The number of nitrogens with zero attached hydrogens (tertiary/aromatic N) is 1. The Labute approximate surface area is 133 Å². The van der Waals surface area contributed by atoms with Crippen molar-refractivity contribution in [3.8, 4) is 16.9 Å². The molecule has 2 aromatic carbocycles. The second-order valence-electron chi connectivity index (χ2n) is 4.76. The molecule has 0 atom stereocenters. The second kappa shape index (κ2) is 6.58. The SMILES string of the molecule is COc1cc(-c2ccccc2)ccc1SNc1cc(C)on1. The van der Waals surface area contributed by atoms with E-state index < -0.39 is 0 Å². The molecule has 0 fully saturated rings. The number of aromatic nitrogens is 1. The Morgan fingerprint density at radius 2 is 1.86 bits per heavy atom. The fraction of sp³-hybridized carbons (Fsp3) is 0.118. The summed E-state index contributed by atoms with van der Waals surface area (Å²) < 4.78 is 13.7. The third-order valence-electron chi connectivity index (χ3n) is 3.16. The smallest absolute Gasteiger partial charge is 0.179 e. The average Bonchev–Trinajstić information content (AvgIpc) is 2.99. The van der Waals surface area contributed by atoms with Crippen molar-refractivity contribution in [1.29, 1.82) is 0 Å². The first-order chi connectivity index (χ1) is 10.8. The molecule has 0 saturated heterocycles. The molecule has 0 aliphatic heterocycles. The van der Waals surface area contributed by atoms with Gasteiger partial charge in [0.1, 0.15) is 11.5 Å². The molecule has 5 heteroatoms. The molecule has 3 aromatic rings. The Morgan fingerprint density at radius 1 is 1.05 bits per heavy atom. The number of anilines is 1. The Balaban J connectivity index is 1.80. The maximum atomic E-state index is 5.50. The number of hydrogen-bond donors (Lipinski definition) is 1. The van der Waals surface area contributed by atoms with Gasteiger partial charge in [-0.05, 0) is 42.1 Å². The summed E-state index contributed by atoms with van der Waals surface area (Å²) in [4.78, 5) is 0.989. The highest BCUT2D eigenvalue weighted by molar-refractivity contribution is 8.00. The van der Waals surface area contributed by atoms with Crippen LogP contribution in [0.5, 0.6) is 5.75 Å². The maximum Gasteiger partial charge on any atom is 0.179 e. The van der Waals surface area contributed by atoms with Gasteiger partial charge in [0.15, 0.2) is 5.82 Å². The van der Waals surface area contributed by atoms with E-state index in [0.29, 0.717) is 5.82 Å². The van der Waals surface area contributed by atoms with Crippen LogP contribution >= 0.6 is 11.9 Å². The molecule has 112 valence electrons. The van der Waals surface area contributed by atoms with Crippen LogP contribution in [-0.2, 0) is 0 Å². The standard InChI is InChI=1S/C17H16N2O2S/c1-12-10-17(18-21-12)19-22-16-9-8-14(11-15(16)20-2)13-6-4-3-5-7-13/h3-11H,1-2H3,(H,18,19). The van der Waals surface area contributed by atoms with Crippen LogP contribution in [0.1, 0.15) is 5.76 Å². The number of rotatable bonds is 5. The van der Waals surface area contributed by atoms with E-state index in [0.717, 1.165) is 27.5 Å². The van der Waals surface area contributed by atoms with Gasteiger partial charge in [-0.3, -0.25) is 0 Å². The van der Waals surface area contributed by atoms with Gasteiger partial charge in [-0.2, -0.15) is 0 Å². The topological polar surface area (TPSA) is 47.3 Å². The van der Waals surface area contributed by atoms with E-state index in [2.05, 4.69) is 28.1 Å². The van der Waals surface area contributed by atoms with Gasteiger partial charge in [-0.15, -0.1) is 0 Å². The van der Waals surface area contributed by atoms with Crippen molar-refractivity contribution >= 4 is 17.8 Å². The van der Waals surface area contributed by atoms with Crippen LogP contribution in [-0.4, -0.2) is 12.3 Å². The van der Waals surface area contributed by atoms with Crippen LogP contribution in [0.4, 0.5) is 5.82 Å². The summed E-state index contributed by atoms with van der Waals surface area (Å²) in [5.74, 6) is 2.28. The summed E-state index contributed by atoms with van der Waals surface area (Å²) in [7, 11) is 1.68. The van der Waals surface area contributed by atoms with Gasteiger partial charge >= 0.3 is 0 Å². The third kappa shape index (κ3) is 3.26. The van der Waals surface area contributed by atoms with Gasteiger partial charge in [0, 0.05) is 6.07 Å². The largest absolute Gasteiger partial charge is 0.495 e. The van der Waals surface area contributed by atoms with E-state index in [1.807, 2.05) is 43.3 Å². The molecule has 0 spiro atoms. The summed E-state index contributed by atoms with van der Waals surface area (Å²) in [5, 5.41) is 3.90. The Hall–Kier alpha value is -2.40. The lowest BCUT2D eigenvalue weighted by Crippen LogP contribution is -1.91. The number of nitrogens with one attached hydrogen (secondary N) is 1. The van der Waals surface area contributed by atoms with Gasteiger partial charge in [0.2, 0.25) is 0 Å². The van der Waals surface area contributed by atoms with Crippen LogP contribution in [0.3, 0.4) is 0 Å². The second-order valence-corrected chi connectivity index (χ2v) is 5.61. The van der Waals surface area contributed by atoms with Crippen molar-refractivity contribution in [2.45, 2.75) is 11.8 Å². The minimum atomic E-state index is 0.691. The van der Waals surface area contributed by atoms with E-state index in [-0.39, 0.29) is 0 Å². The van der Waals surface area contributed by atoms with E-state index >= 15 is 0 Å². The number of methoxy groups -OCH3 is 1. The molecule has 0 bridgehead atoms. The van der Waals surface area contributed by atoms with Gasteiger partial charge < -0.3 is 14.0 Å². The Morgan fingerprint density at radius 3 is 2.55 bits per heavy atom. The van der Waals surface area contributed by atoms with E-state index in [1.54, 1.807) is 7.11 Å². The zero-order valence-electron chi connectivity index (χ0n) is 12.4. The van der Waals surface area contributed by atoms with Crippen molar-refractivity contribution in [2.75, 3.05) is 11.8 Å². The number of benzene rings is 2. The minimum Gasteiger partial charge on any atom is -0.495 e. The lowest BCUT2D eigenvalue weighted by molar-refractivity contribution is 0.400. The molecule has 1 aromatic heterocycles. The monoisotopic (exact) mass is 312 g/mol. The first kappa shape index (κ1) is 14.5. The summed E-state index contributed by atoms with van der Waals surface area (Å²) in [5.41, 5.74) is 2.29. The highest BCUT2D eigenvalue weighted by Crippen LogP contribution is 2.33. The van der Waals surface area contributed by atoms with E-state index in [9.17, 15) is 0 Å². The highest BCUT2D eigenvalue weighted by atomic mass is 32.2. The first-order valence-corrected chi connectivity index (χ1v) is 7.67. The van der Waals surface area contributed by atoms with Crippen LogP contribution in [0, 0.1) is 6.92 Å². The quantitative estimate of drug-likeness (QED) is 0.687. The van der Waals surface area contributed by atoms with Crippen molar-refractivity contribution in [1.82, 2.24) is 5.16 Å². The molecule has 22 heavy (non-hydrogen) atoms. The molecule has 3 rings (SSSR count). The van der Waals surface area contributed by atoms with Crippen molar-refractivity contribution in [3.63, 3.8) is 0 Å². The van der Waals surface area contributed by atoms with E-state index in [4.69, 9.17) is 9.26 Å². The summed E-state index contributed by atoms with van der Waals surface area (Å²) in [6.07, 6.45) is 0. The highest BCUT2D eigenvalue weighted by Gasteiger charge is 2.08. The first-order valence-electron chi connectivity index (χ1n) is 6.86. The number of aryl methyl sites for hydroxylation is 1. The van der Waals surface area contributed by atoms with Gasteiger partial charge in [0.25, 0.3) is 0 Å². The predicted octanol–water partition coefficient (Wildman–Crippen LogP) is 4.78. The van der Waals surface area contributed by atoms with Crippen LogP contribution in [0.25, 0.3) is 11.1 Å². The third-order valence-corrected chi connectivity index (χ3v) is 4.03. The summed E-state index contributed by atoms with van der Waals surface area (Å²) >= 11 is 1.44. The van der Waals surface area contributed by atoms with Crippen molar-refractivity contribution in [2.24, 2.45) is 0 Å². The molecule has 0 amide bonds.